The van der Waals surface area contributed by atoms with Crippen LogP contribution in [-0.2, 0) is 4.79 Å². The van der Waals surface area contributed by atoms with Gasteiger partial charge in [0.15, 0.2) is 11.5 Å². The summed E-state index contributed by atoms with van der Waals surface area (Å²) in [4.78, 5) is 22.9. The van der Waals surface area contributed by atoms with Gasteiger partial charge in [-0.1, -0.05) is 11.6 Å². The van der Waals surface area contributed by atoms with Gasteiger partial charge >= 0.3 is 0 Å². The molecular weight excluding hydrogens is 376 g/mol. The predicted molar refractivity (Wildman–Crippen MR) is 101 cm³/mol. The Kier molecular flexibility index (Phi) is 4.91. The van der Waals surface area contributed by atoms with Gasteiger partial charge in [0.25, 0.3) is 11.6 Å². The van der Waals surface area contributed by atoms with E-state index in [0.717, 1.165) is 0 Å². The van der Waals surface area contributed by atoms with Crippen molar-refractivity contribution in [3.05, 3.63) is 50.5 Å². The first-order valence-electron chi connectivity index (χ1n) is 7.71. The number of ether oxygens (including phenoxy) is 3. The molecule has 1 aliphatic heterocycles. The fourth-order valence-electron chi connectivity index (χ4n) is 2.83. The number of benzene rings is 2. The average molecular weight is 391 g/mol. The molecule has 0 unspecified atom stereocenters. The minimum absolute atomic E-state index is 0.0481. The molecule has 1 amide bonds. The number of nitro groups is 1. The molecule has 0 aliphatic carbocycles. The Morgan fingerprint density at radius 2 is 1.70 bits per heavy atom. The minimum atomic E-state index is -0.595. The molecule has 1 aliphatic rings. The molecule has 0 radical (unpaired) electrons. The van der Waals surface area contributed by atoms with Crippen LogP contribution in [0, 0.1) is 10.1 Å². The van der Waals surface area contributed by atoms with Crippen molar-refractivity contribution >= 4 is 40.5 Å². The Balaban J connectivity index is 2.16. The van der Waals surface area contributed by atoms with Crippen LogP contribution in [0.3, 0.4) is 0 Å². The van der Waals surface area contributed by atoms with Crippen molar-refractivity contribution in [2.75, 3.05) is 26.6 Å². The molecule has 0 bridgehead atoms. The van der Waals surface area contributed by atoms with E-state index in [9.17, 15) is 14.9 Å². The average Bonchev–Trinajstić information content (AvgIpc) is 2.94. The van der Waals surface area contributed by atoms with Crippen LogP contribution in [0.2, 0.25) is 5.02 Å². The third-order valence-corrected chi connectivity index (χ3v) is 4.37. The molecule has 0 saturated carbocycles. The van der Waals surface area contributed by atoms with E-state index in [1.807, 2.05) is 0 Å². The number of hydrogen-bond donors (Lipinski definition) is 1. The summed E-state index contributed by atoms with van der Waals surface area (Å²) in [5, 5.41) is 13.8. The number of nitrogens with one attached hydrogen (secondary N) is 1. The van der Waals surface area contributed by atoms with Crippen LogP contribution in [-0.4, -0.2) is 32.2 Å². The molecule has 1 heterocycles. The Hall–Kier alpha value is -3.26. The number of anilines is 1. The van der Waals surface area contributed by atoms with Gasteiger partial charge in [-0.25, -0.2) is 0 Å². The molecule has 27 heavy (non-hydrogen) atoms. The van der Waals surface area contributed by atoms with Crippen molar-refractivity contribution in [2.45, 2.75) is 0 Å². The van der Waals surface area contributed by atoms with Gasteiger partial charge < -0.3 is 19.5 Å². The van der Waals surface area contributed by atoms with E-state index < -0.39 is 10.8 Å². The molecule has 0 fully saturated rings. The number of halogens is 1. The number of hydrogen-bond acceptors (Lipinski definition) is 6. The van der Waals surface area contributed by atoms with Crippen molar-refractivity contribution in [3.8, 4) is 17.2 Å². The van der Waals surface area contributed by atoms with Crippen molar-refractivity contribution in [3.63, 3.8) is 0 Å². The Labute approximate surface area is 159 Å². The minimum Gasteiger partial charge on any atom is -0.493 e. The Morgan fingerprint density at radius 3 is 2.22 bits per heavy atom. The third-order valence-electron chi connectivity index (χ3n) is 4.06. The van der Waals surface area contributed by atoms with Crippen LogP contribution in [0.15, 0.2) is 24.3 Å². The second-order valence-corrected chi connectivity index (χ2v) is 5.98. The highest BCUT2D eigenvalue weighted by Gasteiger charge is 2.28. The van der Waals surface area contributed by atoms with E-state index in [0.29, 0.717) is 34.1 Å². The van der Waals surface area contributed by atoms with Crippen LogP contribution in [0.4, 0.5) is 11.4 Å². The van der Waals surface area contributed by atoms with Crippen LogP contribution in [0.5, 0.6) is 17.2 Å². The van der Waals surface area contributed by atoms with Crippen LogP contribution in [0.25, 0.3) is 11.6 Å². The maximum Gasteiger partial charge on any atom is 0.288 e. The van der Waals surface area contributed by atoms with Gasteiger partial charge in [-0.05, 0) is 29.8 Å². The molecule has 1 N–H and O–H groups in total. The monoisotopic (exact) mass is 390 g/mol. The van der Waals surface area contributed by atoms with Crippen molar-refractivity contribution in [1.82, 2.24) is 0 Å². The highest BCUT2D eigenvalue weighted by Crippen LogP contribution is 2.42. The molecular formula is C18H15ClN2O6. The van der Waals surface area contributed by atoms with Gasteiger partial charge in [0.1, 0.15) is 5.02 Å². The molecule has 2 aromatic carbocycles. The lowest BCUT2D eigenvalue weighted by molar-refractivity contribution is -0.384. The number of carbonyl (C=O) groups excluding carboxylic acids is 1. The second-order valence-electron chi connectivity index (χ2n) is 5.58. The fraction of sp³-hybridized carbons (Fsp3) is 0.167. The molecule has 0 aromatic heterocycles. The lowest BCUT2D eigenvalue weighted by Gasteiger charge is -2.13. The molecule has 2 aromatic rings. The maximum absolute atomic E-state index is 12.4. The van der Waals surface area contributed by atoms with Gasteiger partial charge in [-0.2, -0.15) is 0 Å². The maximum atomic E-state index is 12.4. The number of carbonyl (C=O) groups is 1. The lowest BCUT2D eigenvalue weighted by atomic mass is 10.0. The molecule has 0 saturated heterocycles. The van der Waals surface area contributed by atoms with Gasteiger partial charge in [-0.15, -0.1) is 0 Å². The molecule has 9 heteroatoms. The molecule has 140 valence electrons. The zero-order chi connectivity index (χ0) is 19.7. The SMILES string of the molecule is COc1cc(/C=C2/C(=O)Nc3cc(Cl)c([N+](=O)[O-])cc32)cc(OC)c1OC. The smallest absolute Gasteiger partial charge is 0.288 e. The largest absolute Gasteiger partial charge is 0.493 e. The van der Waals surface area contributed by atoms with E-state index in [4.69, 9.17) is 25.8 Å². The standard InChI is InChI=1S/C18H15ClN2O6/c1-25-15-5-9(6-16(26-2)17(15)27-3)4-11-10-7-14(21(23)24)12(19)8-13(10)20-18(11)22/h4-8H,1-3H3,(H,20,22)/b11-4+. The topological polar surface area (TPSA) is 99.9 Å². The first-order valence-corrected chi connectivity index (χ1v) is 8.08. The highest BCUT2D eigenvalue weighted by atomic mass is 35.5. The van der Waals surface area contributed by atoms with Crippen molar-refractivity contribution in [2.24, 2.45) is 0 Å². The highest BCUT2D eigenvalue weighted by molar-refractivity contribution is 6.37. The summed E-state index contributed by atoms with van der Waals surface area (Å²) in [6, 6.07) is 5.98. The predicted octanol–water partition coefficient (Wildman–Crippen LogP) is 3.77. The Morgan fingerprint density at radius 1 is 1.07 bits per heavy atom. The number of nitro benzene ring substituents is 1. The summed E-state index contributed by atoms with van der Waals surface area (Å²) in [6.07, 6.45) is 1.59. The summed E-state index contributed by atoms with van der Waals surface area (Å²) < 4.78 is 15.9. The first-order chi connectivity index (χ1) is 12.9. The summed E-state index contributed by atoms with van der Waals surface area (Å²) in [6.45, 7) is 0. The number of methoxy groups -OCH3 is 3. The van der Waals surface area contributed by atoms with Gasteiger partial charge in [-0.3, -0.25) is 14.9 Å². The number of rotatable bonds is 5. The zero-order valence-corrected chi connectivity index (χ0v) is 15.4. The van der Waals surface area contributed by atoms with Crippen LogP contribution < -0.4 is 19.5 Å². The van der Waals surface area contributed by atoms with Crippen LogP contribution in [0.1, 0.15) is 11.1 Å². The third kappa shape index (κ3) is 3.26. The first kappa shape index (κ1) is 18.5. The van der Waals surface area contributed by atoms with E-state index in [-0.39, 0.29) is 16.3 Å². The number of fused-ring (bicyclic) bond motifs is 1. The lowest BCUT2D eigenvalue weighted by Crippen LogP contribution is -2.03. The molecule has 8 nitrogen and oxygen atoms in total. The normalized spacial score (nSPS) is 13.9. The molecule has 3 rings (SSSR count). The summed E-state index contributed by atoms with van der Waals surface area (Å²) >= 11 is 5.91. The summed E-state index contributed by atoms with van der Waals surface area (Å²) in [7, 11) is 4.45. The van der Waals surface area contributed by atoms with E-state index >= 15 is 0 Å². The fourth-order valence-corrected chi connectivity index (χ4v) is 3.07. The molecule has 0 spiro atoms. The Bertz CT molecular complexity index is 961. The van der Waals surface area contributed by atoms with E-state index in [2.05, 4.69) is 5.32 Å². The summed E-state index contributed by atoms with van der Waals surface area (Å²) in [5.74, 6) is 0.866. The zero-order valence-electron chi connectivity index (χ0n) is 14.7. The van der Waals surface area contributed by atoms with Gasteiger partial charge in [0.2, 0.25) is 5.75 Å². The number of nitrogens with zero attached hydrogens (tertiary/aromatic N) is 1. The van der Waals surface area contributed by atoms with E-state index in [1.165, 1.54) is 33.5 Å². The van der Waals surface area contributed by atoms with Gasteiger partial charge in [0, 0.05) is 17.2 Å². The summed E-state index contributed by atoms with van der Waals surface area (Å²) in [5.41, 5.74) is 1.39. The quantitative estimate of drug-likeness (QED) is 0.474. The molecule has 0 atom stereocenters. The number of amides is 1. The second kappa shape index (κ2) is 7.16. The van der Waals surface area contributed by atoms with Gasteiger partial charge in [0.05, 0.1) is 31.9 Å². The van der Waals surface area contributed by atoms with Crippen molar-refractivity contribution in [1.29, 1.82) is 0 Å². The van der Waals surface area contributed by atoms with Crippen LogP contribution >= 0.6 is 11.6 Å². The van der Waals surface area contributed by atoms with E-state index in [1.54, 1.807) is 18.2 Å². The van der Waals surface area contributed by atoms with Crippen molar-refractivity contribution < 1.29 is 23.9 Å².